The molecule has 0 saturated heterocycles. The molecule has 5 nitrogen and oxygen atoms in total. The molecule has 0 aliphatic heterocycles. The first kappa shape index (κ1) is 17.0. The summed E-state index contributed by atoms with van der Waals surface area (Å²) in [5, 5.41) is 13.0. The zero-order valence-electron chi connectivity index (χ0n) is 14.9. The lowest BCUT2D eigenvalue weighted by molar-refractivity contribution is -0.384. The van der Waals surface area contributed by atoms with Crippen molar-refractivity contribution in [2.45, 2.75) is 19.8 Å². The minimum absolute atomic E-state index is 0.0620. The SMILES string of the molecule is CCCC(=O)c1ccc2c(c1)c1ccccc1n2-c1ccc([N+](=O)[O-])cc1. The van der Waals surface area contributed by atoms with Gasteiger partial charge in [-0.2, -0.15) is 0 Å². The second-order valence-electron chi connectivity index (χ2n) is 6.53. The average Bonchev–Trinajstić information content (AvgIpc) is 3.02. The number of fused-ring (bicyclic) bond motifs is 3. The van der Waals surface area contributed by atoms with E-state index in [1.165, 1.54) is 12.1 Å². The second kappa shape index (κ2) is 6.68. The van der Waals surface area contributed by atoms with Crippen LogP contribution in [0.3, 0.4) is 0 Å². The molecule has 5 heteroatoms. The summed E-state index contributed by atoms with van der Waals surface area (Å²) in [5.41, 5.74) is 3.60. The van der Waals surface area contributed by atoms with Crippen molar-refractivity contribution < 1.29 is 9.72 Å². The Morgan fingerprint density at radius 3 is 2.37 bits per heavy atom. The lowest BCUT2D eigenvalue weighted by Gasteiger charge is -2.08. The third kappa shape index (κ3) is 2.87. The molecule has 134 valence electrons. The molecule has 4 aromatic rings. The number of hydrogen-bond acceptors (Lipinski definition) is 3. The maximum absolute atomic E-state index is 12.3. The highest BCUT2D eigenvalue weighted by Crippen LogP contribution is 2.33. The Balaban J connectivity index is 1.96. The fourth-order valence-electron chi connectivity index (χ4n) is 3.52. The molecule has 1 aromatic heterocycles. The van der Waals surface area contributed by atoms with Gasteiger partial charge >= 0.3 is 0 Å². The normalized spacial score (nSPS) is 11.1. The van der Waals surface area contributed by atoms with Gasteiger partial charge in [-0.05, 0) is 42.8 Å². The Hall–Kier alpha value is -3.47. The van der Waals surface area contributed by atoms with E-state index in [0.29, 0.717) is 6.42 Å². The van der Waals surface area contributed by atoms with Crippen molar-refractivity contribution in [2.75, 3.05) is 0 Å². The van der Waals surface area contributed by atoms with Crippen LogP contribution in [0.2, 0.25) is 0 Å². The Morgan fingerprint density at radius 2 is 1.67 bits per heavy atom. The van der Waals surface area contributed by atoms with E-state index in [2.05, 4.69) is 4.57 Å². The Labute approximate surface area is 156 Å². The minimum atomic E-state index is -0.402. The summed E-state index contributed by atoms with van der Waals surface area (Å²) in [4.78, 5) is 22.9. The summed E-state index contributed by atoms with van der Waals surface area (Å²) in [6.07, 6.45) is 1.36. The number of nitrogens with zero attached hydrogens (tertiary/aromatic N) is 2. The van der Waals surface area contributed by atoms with Crippen LogP contribution in [-0.4, -0.2) is 15.3 Å². The Morgan fingerprint density at radius 1 is 0.963 bits per heavy atom. The number of carbonyl (C=O) groups excluding carboxylic acids is 1. The van der Waals surface area contributed by atoms with Gasteiger partial charge in [-0.1, -0.05) is 25.1 Å². The van der Waals surface area contributed by atoms with Gasteiger partial charge in [-0.25, -0.2) is 0 Å². The minimum Gasteiger partial charge on any atom is -0.309 e. The first-order valence-electron chi connectivity index (χ1n) is 8.91. The van der Waals surface area contributed by atoms with Crippen LogP contribution in [0.5, 0.6) is 0 Å². The molecule has 0 saturated carbocycles. The van der Waals surface area contributed by atoms with Crippen LogP contribution in [0, 0.1) is 10.1 Å². The van der Waals surface area contributed by atoms with E-state index in [-0.39, 0.29) is 11.5 Å². The Bertz CT molecular complexity index is 1170. The van der Waals surface area contributed by atoms with Crippen LogP contribution >= 0.6 is 0 Å². The van der Waals surface area contributed by atoms with Crippen LogP contribution in [0.15, 0.2) is 66.7 Å². The number of rotatable bonds is 5. The number of non-ortho nitro benzene ring substituents is 1. The molecule has 0 radical (unpaired) electrons. The van der Waals surface area contributed by atoms with Crippen LogP contribution in [0.25, 0.3) is 27.5 Å². The topological polar surface area (TPSA) is 65.1 Å². The number of para-hydroxylation sites is 1. The van der Waals surface area contributed by atoms with Crippen LogP contribution in [-0.2, 0) is 0 Å². The fraction of sp³-hybridized carbons (Fsp3) is 0.136. The molecule has 27 heavy (non-hydrogen) atoms. The van der Waals surface area contributed by atoms with Gasteiger partial charge in [-0.15, -0.1) is 0 Å². The standard InChI is InChI=1S/C22H18N2O3/c1-2-5-22(25)15-8-13-21-19(14-15)18-6-3-4-7-20(18)23(21)16-9-11-17(12-10-16)24(26)27/h3-4,6-14H,2,5H2,1H3. The van der Waals surface area contributed by atoms with E-state index in [1.807, 2.05) is 49.4 Å². The molecule has 3 aromatic carbocycles. The van der Waals surface area contributed by atoms with Crippen molar-refractivity contribution >= 4 is 33.3 Å². The van der Waals surface area contributed by atoms with Crippen molar-refractivity contribution in [2.24, 2.45) is 0 Å². The molecule has 0 atom stereocenters. The number of nitro groups is 1. The summed E-state index contributed by atoms with van der Waals surface area (Å²) in [7, 11) is 0. The first-order chi connectivity index (χ1) is 13.1. The molecule has 0 aliphatic carbocycles. The number of ketones is 1. The third-order valence-corrected chi connectivity index (χ3v) is 4.79. The molecule has 0 amide bonds. The molecule has 0 spiro atoms. The van der Waals surface area contributed by atoms with E-state index in [1.54, 1.807) is 12.1 Å². The lowest BCUT2D eigenvalue weighted by atomic mass is 10.0. The van der Waals surface area contributed by atoms with Crippen LogP contribution < -0.4 is 0 Å². The number of carbonyl (C=O) groups is 1. The van der Waals surface area contributed by atoms with Gasteiger partial charge in [0.25, 0.3) is 5.69 Å². The van der Waals surface area contributed by atoms with Crippen molar-refractivity contribution in [3.63, 3.8) is 0 Å². The molecule has 1 heterocycles. The fourth-order valence-corrected chi connectivity index (χ4v) is 3.52. The number of aromatic nitrogens is 1. The maximum atomic E-state index is 12.3. The van der Waals surface area contributed by atoms with E-state index in [9.17, 15) is 14.9 Å². The number of hydrogen-bond donors (Lipinski definition) is 0. The predicted molar refractivity (Wildman–Crippen MR) is 107 cm³/mol. The highest BCUT2D eigenvalue weighted by Gasteiger charge is 2.15. The van der Waals surface area contributed by atoms with E-state index >= 15 is 0 Å². The molecule has 0 unspecified atom stereocenters. The summed E-state index contributed by atoms with van der Waals surface area (Å²) < 4.78 is 2.07. The van der Waals surface area contributed by atoms with E-state index in [4.69, 9.17) is 0 Å². The number of benzene rings is 3. The summed E-state index contributed by atoms with van der Waals surface area (Å²) in [6, 6.07) is 20.3. The molecule has 0 aliphatic rings. The zero-order chi connectivity index (χ0) is 19.0. The monoisotopic (exact) mass is 358 g/mol. The van der Waals surface area contributed by atoms with Crippen molar-refractivity contribution in [1.29, 1.82) is 0 Å². The predicted octanol–water partition coefficient (Wildman–Crippen LogP) is 5.67. The lowest BCUT2D eigenvalue weighted by Crippen LogP contribution is -1.98. The van der Waals surface area contributed by atoms with Crippen molar-refractivity contribution in [1.82, 2.24) is 4.57 Å². The Kier molecular flexibility index (Phi) is 4.20. The van der Waals surface area contributed by atoms with Crippen LogP contribution in [0.4, 0.5) is 5.69 Å². The van der Waals surface area contributed by atoms with Crippen molar-refractivity contribution in [3.8, 4) is 5.69 Å². The smallest absolute Gasteiger partial charge is 0.269 e. The summed E-state index contributed by atoms with van der Waals surface area (Å²) in [5.74, 6) is 0.145. The largest absolute Gasteiger partial charge is 0.309 e. The van der Waals surface area contributed by atoms with E-state index < -0.39 is 4.92 Å². The molecule has 0 N–H and O–H groups in total. The van der Waals surface area contributed by atoms with Gasteiger partial charge in [0.15, 0.2) is 5.78 Å². The van der Waals surface area contributed by atoms with Gasteiger partial charge in [0, 0.05) is 40.6 Å². The van der Waals surface area contributed by atoms with Gasteiger partial charge in [0.1, 0.15) is 0 Å². The highest BCUT2D eigenvalue weighted by molar-refractivity contribution is 6.11. The molecular formula is C22H18N2O3. The molecular weight excluding hydrogens is 340 g/mol. The molecule has 0 bridgehead atoms. The number of nitro benzene ring substituents is 1. The quantitative estimate of drug-likeness (QED) is 0.262. The highest BCUT2D eigenvalue weighted by atomic mass is 16.6. The average molecular weight is 358 g/mol. The number of Topliss-reactive ketones (excluding diaryl/α,β-unsaturated/α-hetero) is 1. The van der Waals surface area contributed by atoms with E-state index in [0.717, 1.165) is 39.5 Å². The second-order valence-corrected chi connectivity index (χ2v) is 6.53. The van der Waals surface area contributed by atoms with Gasteiger partial charge in [0.05, 0.1) is 16.0 Å². The third-order valence-electron chi connectivity index (χ3n) is 4.79. The van der Waals surface area contributed by atoms with Gasteiger partial charge in [-0.3, -0.25) is 14.9 Å². The van der Waals surface area contributed by atoms with Crippen molar-refractivity contribution in [3.05, 3.63) is 82.4 Å². The van der Waals surface area contributed by atoms with Gasteiger partial charge < -0.3 is 4.57 Å². The molecule has 4 rings (SSSR count). The zero-order valence-corrected chi connectivity index (χ0v) is 14.9. The van der Waals surface area contributed by atoms with Gasteiger partial charge in [0.2, 0.25) is 0 Å². The summed E-state index contributed by atoms with van der Waals surface area (Å²) in [6.45, 7) is 2.00. The summed E-state index contributed by atoms with van der Waals surface area (Å²) >= 11 is 0. The first-order valence-corrected chi connectivity index (χ1v) is 8.91. The molecule has 0 fully saturated rings. The van der Waals surface area contributed by atoms with Crippen LogP contribution in [0.1, 0.15) is 30.1 Å². The maximum Gasteiger partial charge on any atom is 0.269 e.